The number of nitrogens with one attached hydrogen (secondary N) is 2. The summed E-state index contributed by atoms with van der Waals surface area (Å²) in [5, 5.41) is 5.92. The molecule has 0 bridgehead atoms. The minimum atomic E-state index is -0.562. The summed E-state index contributed by atoms with van der Waals surface area (Å²) in [4.78, 5) is 30.0. The van der Waals surface area contributed by atoms with Crippen LogP contribution in [0.5, 0.6) is 0 Å². The van der Waals surface area contributed by atoms with Gasteiger partial charge in [0.25, 0.3) is 5.91 Å². The summed E-state index contributed by atoms with van der Waals surface area (Å²) in [7, 11) is 0. The molecule has 1 aliphatic heterocycles. The number of rotatable bonds is 8. The predicted molar refractivity (Wildman–Crippen MR) is 117 cm³/mol. The molecule has 7 nitrogen and oxygen atoms in total. The fourth-order valence-corrected chi connectivity index (χ4v) is 3.93. The Kier molecular flexibility index (Phi) is 8.49. The number of guanidine groups is 1. The second kappa shape index (κ2) is 10.8. The van der Waals surface area contributed by atoms with Gasteiger partial charge in [0.2, 0.25) is 5.91 Å². The first kappa shape index (κ1) is 22.7. The molecule has 2 rings (SSSR count). The summed E-state index contributed by atoms with van der Waals surface area (Å²) in [6.07, 6.45) is 4.91. The molecule has 160 valence electrons. The van der Waals surface area contributed by atoms with E-state index in [1.165, 1.54) is 25.7 Å². The molecular formula is C22H35N5O2. The highest BCUT2D eigenvalue weighted by molar-refractivity contribution is 5.96. The molecule has 1 aromatic carbocycles. The average molecular weight is 402 g/mol. The van der Waals surface area contributed by atoms with Gasteiger partial charge in [0.15, 0.2) is 5.96 Å². The van der Waals surface area contributed by atoms with Gasteiger partial charge in [-0.2, -0.15) is 0 Å². The van der Waals surface area contributed by atoms with E-state index in [4.69, 9.17) is 10.7 Å². The smallest absolute Gasteiger partial charge is 0.251 e. The second-order valence-corrected chi connectivity index (χ2v) is 8.10. The SMILES string of the molecule is CCCC1(C)CCCN(C(=NCc2ccc(C(=O)NCC(N)=O)cc2)NCC)C1. The molecule has 1 aromatic rings. The molecule has 1 saturated heterocycles. The Morgan fingerprint density at radius 1 is 1.21 bits per heavy atom. The van der Waals surface area contributed by atoms with Crippen LogP contribution in [-0.4, -0.2) is 48.9 Å². The number of likely N-dealkylation sites (tertiary alicyclic amines) is 1. The van der Waals surface area contributed by atoms with Gasteiger partial charge in [-0.3, -0.25) is 9.59 Å². The molecule has 1 heterocycles. The third kappa shape index (κ3) is 7.07. The topological polar surface area (TPSA) is 99.8 Å². The van der Waals surface area contributed by atoms with E-state index in [-0.39, 0.29) is 12.5 Å². The normalized spacial score (nSPS) is 19.7. The molecule has 0 spiro atoms. The summed E-state index contributed by atoms with van der Waals surface area (Å²) < 4.78 is 0. The van der Waals surface area contributed by atoms with Crippen LogP contribution < -0.4 is 16.4 Å². The lowest BCUT2D eigenvalue weighted by molar-refractivity contribution is -0.117. The average Bonchev–Trinajstić information content (AvgIpc) is 2.69. The van der Waals surface area contributed by atoms with E-state index in [1.54, 1.807) is 12.1 Å². The van der Waals surface area contributed by atoms with E-state index in [9.17, 15) is 9.59 Å². The monoisotopic (exact) mass is 401 g/mol. The number of nitrogens with two attached hydrogens (primary N) is 1. The maximum Gasteiger partial charge on any atom is 0.251 e. The molecule has 0 saturated carbocycles. The van der Waals surface area contributed by atoms with E-state index in [1.807, 2.05) is 12.1 Å². The first-order valence-corrected chi connectivity index (χ1v) is 10.6. The van der Waals surface area contributed by atoms with Crippen LogP contribution in [0.25, 0.3) is 0 Å². The lowest BCUT2D eigenvalue weighted by atomic mass is 9.78. The van der Waals surface area contributed by atoms with Crippen molar-refractivity contribution >= 4 is 17.8 Å². The molecule has 1 atom stereocenters. The van der Waals surface area contributed by atoms with Crippen LogP contribution in [0.15, 0.2) is 29.3 Å². The number of nitrogens with zero attached hydrogens (tertiary/aromatic N) is 2. The first-order chi connectivity index (χ1) is 13.9. The zero-order chi connectivity index (χ0) is 21.3. The summed E-state index contributed by atoms with van der Waals surface area (Å²) >= 11 is 0. The molecule has 0 aromatic heterocycles. The molecule has 2 amide bonds. The molecule has 7 heteroatoms. The van der Waals surface area contributed by atoms with Gasteiger partial charge in [-0.05, 0) is 49.3 Å². The van der Waals surface area contributed by atoms with Crippen LogP contribution in [0.4, 0.5) is 0 Å². The second-order valence-electron chi connectivity index (χ2n) is 8.10. The molecule has 29 heavy (non-hydrogen) atoms. The maximum atomic E-state index is 12.0. The van der Waals surface area contributed by atoms with Crippen molar-refractivity contribution in [2.45, 2.75) is 53.0 Å². The summed E-state index contributed by atoms with van der Waals surface area (Å²) in [6, 6.07) is 7.27. The number of piperidine rings is 1. The number of benzene rings is 1. The van der Waals surface area contributed by atoms with Crippen LogP contribution in [0.3, 0.4) is 0 Å². The van der Waals surface area contributed by atoms with Crippen molar-refractivity contribution in [1.82, 2.24) is 15.5 Å². The van der Waals surface area contributed by atoms with Crippen LogP contribution in [0.2, 0.25) is 0 Å². The first-order valence-electron chi connectivity index (χ1n) is 10.6. The molecule has 1 unspecified atom stereocenters. The van der Waals surface area contributed by atoms with Gasteiger partial charge < -0.3 is 21.3 Å². The molecular weight excluding hydrogens is 366 g/mol. The van der Waals surface area contributed by atoms with Crippen LogP contribution in [-0.2, 0) is 11.3 Å². The Balaban J connectivity index is 2.02. The Bertz CT molecular complexity index is 712. The Morgan fingerprint density at radius 2 is 1.93 bits per heavy atom. The minimum absolute atomic E-state index is 0.163. The van der Waals surface area contributed by atoms with Gasteiger partial charge in [-0.15, -0.1) is 0 Å². The zero-order valence-electron chi connectivity index (χ0n) is 18.0. The highest BCUT2D eigenvalue weighted by Gasteiger charge is 2.31. The van der Waals surface area contributed by atoms with Crippen molar-refractivity contribution < 1.29 is 9.59 Å². The quantitative estimate of drug-likeness (QED) is 0.459. The standard InChI is InChI=1S/C22H35N5O2/c1-4-11-22(3)12-6-13-27(16-22)21(24-5-2)26-14-17-7-9-18(10-8-17)20(29)25-15-19(23)28/h7-10H,4-6,11-16H2,1-3H3,(H2,23,28)(H,24,26)(H,25,29). The molecule has 1 fully saturated rings. The molecule has 1 aliphatic rings. The van der Waals surface area contributed by atoms with Crippen LogP contribution >= 0.6 is 0 Å². The number of carbonyl (C=O) groups is 2. The molecule has 0 radical (unpaired) electrons. The van der Waals surface area contributed by atoms with Gasteiger partial charge in [0.05, 0.1) is 13.1 Å². The number of hydrogen-bond acceptors (Lipinski definition) is 3. The zero-order valence-corrected chi connectivity index (χ0v) is 18.0. The minimum Gasteiger partial charge on any atom is -0.368 e. The summed E-state index contributed by atoms with van der Waals surface area (Å²) in [5.74, 6) is 0.0848. The Labute approximate surface area is 174 Å². The predicted octanol–water partition coefficient (Wildman–Crippen LogP) is 2.27. The molecule has 0 aliphatic carbocycles. The summed E-state index contributed by atoms with van der Waals surface area (Å²) in [5.41, 5.74) is 6.93. The van der Waals surface area contributed by atoms with Gasteiger partial charge in [-0.25, -0.2) is 4.99 Å². The van der Waals surface area contributed by atoms with Gasteiger partial charge in [-0.1, -0.05) is 32.4 Å². The fraction of sp³-hybridized carbons (Fsp3) is 0.591. The lowest BCUT2D eigenvalue weighted by Gasteiger charge is -2.42. The van der Waals surface area contributed by atoms with Gasteiger partial charge in [0.1, 0.15) is 0 Å². The third-order valence-corrected chi connectivity index (χ3v) is 5.32. The fourth-order valence-electron chi connectivity index (χ4n) is 3.93. The van der Waals surface area contributed by atoms with Crippen molar-refractivity contribution in [3.63, 3.8) is 0 Å². The van der Waals surface area contributed by atoms with E-state index < -0.39 is 5.91 Å². The van der Waals surface area contributed by atoms with E-state index in [0.717, 1.165) is 31.2 Å². The number of primary amides is 1. The van der Waals surface area contributed by atoms with Crippen LogP contribution in [0.1, 0.15) is 62.4 Å². The third-order valence-electron chi connectivity index (χ3n) is 5.32. The van der Waals surface area contributed by atoms with E-state index in [2.05, 4.69) is 36.3 Å². The molecule has 4 N–H and O–H groups in total. The van der Waals surface area contributed by atoms with E-state index >= 15 is 0 Å². The lowest BCUT2D eigenvalue weighted by Crippen LogP contribution is -2.49. The van der Waals surface area contributed by atoms with Crippen LogP contribution in [0, 0.1) is 5.41 Å². The summed E-state index contributed by atoms with van der Waals surface area (Å²) in [6.45, 7) is 10.0. The van der Waals surface area contributed by atoms with Crippen molar-refractivity contribution in [3.8, 4) is 0 Å². The van der Waals surface area contributed by atoms with Crippen molar-refractivity contribution in [3.05, 3.63) is 35.4 Å². The van der Waals surface area contributed by atoms with Gasteiger partial charge in [0, 0.05) is 25.2 Å². The van der Waals surface area contributed by atoms with E-state index in [0.29, 0.717) is 17.5 Å². The Hall–Kier alpha value is -2.57. The number of carbonyl (C=O) groups excluding carboxylic acids is 2. The number of aliphatic imine (C=N–C) groups is 1. The highest BCUT2D eigenvalue weighted by Crippen LogP contribution is 2.33. The van der Waals surface area contributed by atoms with Crippen molar-refractivity contribution in [2.24, 2.45) is 16.1 Å². The van der Waals surface area contributed by atoms with Crippen molar-refractivity contribution in [2.75, 3.05) is 26.2 Å². The van der Waals surface area contributed by atoms with Gasteiger partial charge >= 0.3 is 0 Å². The Morgan fingerprint density at radius 3 is 2.55 bits per heavy atom. The number of amides is 2. The maximum absolute atomic E-state index is 12.0. The largest absolute Gasteiger partial charge is 0.368 e. The highest BCUT2D eigenvalue weighted by atomic mass is 16.2. The van der Waals surface area contributed by atoms with Crippen molar-refractivity contribution in [1.29, 1.82) is 0 Å². The number of hydrogen-bond donors (Lipinski definition) is 3.